The summed E-state index contributed by atoms with van der Waals surface area (Å²) in [6, 6.07) is 2.73. The normalized spacial score (nSPS) is 29.6. The molecule has 0 heterocycles. The van der Waals surface area contributed by atoms with E-state index < -0.39 is 0 Å². The molecule has 0 aromatic carbocycles. The van der Waals surface area contributed by atoms with E-state index in [4.69, 9.17) is 4.74 Å². The maximum Gasteiger partial charge on any atom is 0.0689 e. The lowest BCUT2D eigenvalue weighted by Crippen LogP contribution is -2.30. The smallest absolute Gasteiger partial charge is 0.0689 e. The Bertz CT molecular complexity index is 452. The lowest BCUT2D eigenvalue weighted by molar-refractivity contribution is -0.0135. The second-order valence-corrected chi connectivity index (χ2v) is 10.7. The van der Waals surface area contributed by atoms with E-state index in [1.165, 1.54) is 109 Å². The predicted molar refractivity (Wildman–Crippen MR) is 128 cm³/mol. The van der Waals surface area contributed by atoms with Crippen molar-refractivity contribution in [1.82, 2.24) is 0 Å². The summed E-state index contributed by atoms with van der Waals surface area (Å²) in [4.78, 5) is 0. The fourth-order valence-electron chi connectivity index (χ4n) is 5.78. The molecule has 2 fully saturated rings. The van der Waals surface area contributed by atoms with Gasteiger partial charge >= 0.3 is 0 Å². The summed E-state index contributed by atoms with van der Waals surface area (Å²) in [5, 5.41) is 9.81. The van der Waals surface area contributed by atoms with Gasteiger partial charge in [-0.1, -0.05) is 84.5 Å². The summed E-state index contributed by atoms with van der Waals surface area (Å²) in [5.41, 5.74) is -0.0160. The number of ether oxygens (including phenoxy) is 1. The molecule has 0 aromatic rings. The van der Waals surface area contributed by atoms with Gasteiger partial charge < -0.3 is 4.74 Å². The van der Waals surface area contributed by atoms with Gasteiger partial charge in [0.25, 0.3) is 0 Å². The van der Waals surface area contributed by atoms with Crippen molar-refractivity contribution in [2.45, 2.75) is 148 Å². The second-order valence-electron chi connectivity index (χ2n) is 10.7. The molecule has 0 unspecified atom stereocenters. The molecule has 0 saturated heterocycles. The van der Waals surface area contributed by atoms with Gasteiger partial charge in [0.2, 0.25) is 0 Å². The van der Waals surface area contributed by atoms with Crippen LogP contribution in [0, 0.1) is 28.6 Å². The number of rotatable bonds is 15. The standard InChI is InChI=1S/C28H51NO/c1-3-5-7-9-11-13-25-14-16-27(17-15-25)30-23-26-18-21-28(24-29,22-19-26)20-12-10-8-6-4-2/h25-27H,3-23H2,1-2H3/t25-,26-,27-,28-. The maximum atomic E-state index is 9.81. The number of hydrogen-bond donors (Lipinski definition) is 0. The van der Waals surface area contributed by atoms with Gasteiger partial charge in [0, 0.05) is 6.61 Å². The first-order chi connectivity index (χ1) is 14.7. The third kappa shape index (κ3) is 9.72. The minimum absolute atomic E-state index is 0.0160. The summed E-state index contributed by atoms with van der Waals surface area (Å²) in [5.74, 6) is 1.66. The highest BCUT2D eigenvalue weighted by Crippen LogP contribution is 2.43. The van der Waals surface area contributed by atoms with Gasteiger partial charge in [-0.05, 0) is 69.6 Å². The fourth-order valence-corrected chi connectivity index (χ4v) is 5.78. The molecule has 2 saturated carbocycles. The zero-order valence-corrected chi connectivity index (χ0v) is 20.4. The van der Waals surface area contributed by atoms with Gasteiger partial charge in [-0.15, -0.1) is 0 Å². The zero-order chi connectivity index (χ0) is 21.5. The van der Waals surface area contributed by atoms with Crippen LogP contribution in [0.25, 0.3) is 0 Å². The average Bonchev–Trinajstić information content (AvgIpc) is 2.79. The molecule has 2 heteroatoms. The molecular weight excluding hydrogens is 366 g/mol. The molecule has 2 aliphatic rings. The molecule has 174 valence electrons. The molecule has 0 spiro atoms. The molecule has 2 rings (SSSR count). The van der Waals surface area contributed by atoms with Crippen LogP contribution in [0.2, 0.25) is 0 Å². The van der Waals surface area contributed by atoms with Crippen molar-refractivity contribution in [2.75, 3.05) is 6.61 Å². The van der Waals surface area contributed by atoms with E-state index in [2.05, 4.69) is 19.9 Å². The monoisotopic (exact) mass is 417 g/mol. The Morgan fingerprint density at radius 1 is 0.733 bits per heavy atom. The topological polar surface area (TPSA) is 33.0 Å². The molecule has 0 N–H and O–H groups in total. The van der Waals surface area contributed by atoms with Crippen LogP contribution in [0.15, 0.2) is 0 Å². The quantitative estimate of drug-likeness (QED) is 0.249. The Labute approximate surface area is 188 Å². The first kappa shape index (κ1) is 25.7. The van der Waals surface area contributed by atoms with E-state index in [1.807, 2.05) is 0 Å². The van der Waals surface area contributed by atoms with E-state index in [9.17, 15) is 5.26 Å². The number of nitriles is 1. The minimum Gasteiger partial charge on any atom is -0.378 e. The van der Waals surface area contributed by atoms with Crippen LogP contribution < -0.4 is 0 Å². The summed E-state index contributed by atoms with van der Waals surface area (Å²) in [6.07, 6.45) is 26.7. The molecule has 0 amide bonds. The highest BCUT2D eigenvalue weighted by Gasteiger charge is 2.35. The first-order valence-corrected chi connectivity index (χ1v) is 13.7. The predicted octanol–water partition coefficient (Wildman–Crippen LogP) is 8.98. The van der Waals surface area contributed by atoms with Crippen molar-refractivity contribution in [3.05, 3.63) is 0 Å². The Hall–Kier alpha value is -0.550. The third-order valence-electron chi connectivity index (χ3n) is 8.14. The lowest BCUT2D eigenvalue weighted by atomic mass is 9.69. The fraction of sp³-hybridized carbons (Fsp3) is 0.964. The highest BCUT2D eigenvalue weighted by molar-refractivity contribution is 5.01. The SMILES string of the molecule is CCCCCCC[C@H]1CC[C@H](OC[C@H]2CC[C@@](C#N)(CCCCCCC)CC2)CC1. The molecule has 0 atom stereocenters. The summed E-state index contributed by atoms with van der Waals surface area (Å²) >= 11 is 0. The summed E-state index contributed by atoms with van der Waals surface area (Å²) in [6.45, 7) is 5.51. The van der Waals surface area contributed by atoms with Crippen molar-refractivity contribution in [1.29, 1.82) is 5.26 Å². The molecule has 0 aliphatic heterocycles. The Morgan fingerprint density at radius 3 is 1.93 bits per heavy atom. The molecule has 0 bridgehead atoms. The van der Waals surface area contributed by atoms with Crippen LogP contribution in [0.1, 0.15) is 142 Å². The summed E-state index contributed by atoms with van der Waals surface area (Å²) in [7, 11) is 0. The van der Waals surface area contributed by atoms with Gasteiger partial charge in [-0.2, -0.15) is 5.26 Å². The third-order valence-corrected chi connectivity index (χ3v) is 8.14. The van der Waals surface area contributed by atoms with Crippen LogP contribution in [0.3, 0.4) is 0 Å². The van der Waals surface area contributed by atoms with Crippen LogP contribution in [0.5, 0.6) is 0 Å². The van der Waals surface area contributed by atoms with Crippen molar-refractivity contribution < 1.29 is 4.74 Å². The van der Waals surface area contributed by atoms with Gasteiger partial charge in [-0.25, -0.2) is 0 Å². The number of nitrogens with zero attached hydrogens (tertiary/aromatic N) is 1. The van der Waals surface area contributed by atoms with Crippen LogP contribution >= 0.6 is 0 Å². The van der Waals surface area contributed by atoms with Crippen molar-refractivity contribution in [3.8, 4) is 6.07 Å². The van der Waals surface area contributed by atoms with Crippen molar-refractivity contribution >= 4 is 0 Å². The Balaban J connectivity index is 1.54. The molecule has 0 radical (unpaired) electrons. The zero-order valence-electron chi connectivity index (χ0n) is 20.4. The first-order valence-electron chi connectivity index (χ1n) is 13.7. The minimum atomic E-state index is -0.0160. The lowest BCUT2D eigenvalue weighted by Gasteiger charge is -2.36. The van der Waals surface area contributed by atoms with Gasteiger partial charge in [0.1, 0.15) is 0 Å². The van der Waals surface area contributed by atoms with E-state index in [1.54, 1.807) is 0 Å². The van der Waals surface area contributed by atoms with E-state index in [0.29, 0.717) is 12.0 Å². The molecule has 2 nitrogen and oxygen atoms in total. The van der Waals surface area contributed by atoms with Gasteiger partial charge in [0.05, 0.1) is 17.6 Å². The average molecular weight is 418 g/mol. The van der Waals surface area contributed by atoms with E-state index in [0.717, 1.165) is 31.8 Å². The number of unbranched alkanes of at least 4 members (excludes halogenated alkanes) is 8. The number of hydrogen-bond acceptors (Lipinski definition) is 2. The Kier molecular flexibility index (Phi) is 13.1. The van der Waals surface area contributed by atoms with Crippen molar-refractivity contribution in [2.24, 2.45) is 17.3 Å². The molecule has 0 aromatic heterocycles. The van der Waals surface area contributed by atoms with Gasteiger partial charge in [0.15, 0.2) is 0 Å². The van der Waals surface area contributed by atoms with Crippen LogP contribution in [-0.4, -0.2) is 12.7 Å². The van der Waals surface area contributed by atoms with E-state index >= 15 is 0 Å². The second kappa shape index (κ2) is 15.3. The molecule has 2 aliphatic carbocycles. The van der Waals surface area contributed by atoms with Crippen LogP contribution in [-0.2, 0) is 4.74 Å². The molecule has 30 heavy (non-hydrogen) atoms. The highest BCUT2D eigenvalue weighted by atomic mass is 16.5. The van der Waals surface area contributed by atoms with E-state index in [-0.39, 0.29) is 5.41 Å². The Morgan fingerprint density at radius 2 is 1.33 bits per heavy atom. The molecular formula is C28H51NO. The van der Waals surface area contributed by atoms with Gasteiger partial charge in [-0.3, -0.25) is 0 Å². The van der Waals surface area contributed by atoms with Crippen molar-refractivity contribution in [3.63, 3.8) is 0 Å². The summed E-state index contributed by atoms with van der Waals surface area (Å²) < 4.78 is 6.37. The maximum absolute atomic E-state index is 9.81. The largest absolute Gasteiger partial charge is 0.378 e. The van der Waals surface area contributed by atoms with Crippen LogP contribution in [0.4, 0.5) is 0 Å².